The van der Waals surface area contributed by atoms with Crippen molar-refractivity contribution < 1.29 is 23.9 Å². The zero-order valence-electron chi connectivity index (χ0n) is 20.9. The summed E-state index contributed by atoms with van der Waals surface area (Å²) in [6, 6.07) is 5.75. The van der Waals surface area contributed by atoms with Gasteiger partial charge >= 0.3 is 6.09 Å². The van der Waals surface area contributed by atoms with E-state index in [0.29, 0.717) is 17.5 Å². The Labute approximate surface area is 207 Å². The van der Waals surface area contributed by atoms with Crippen molar-refractivity contribution in [2.75, 3.05) is 0 Å². The molecule has 3 atom stereocenters. The van der Waals surface area contributed by atoms with Crippen molar-refractivity contribution in [1.29, 1.82) is 0 Å². The average Bonchev–Trinajstić information content (AvgIpc) is 2.75. The predicted molar refractivity (Wildman–Crippen MR) is 132 cm³/mol. The topological polar surface area (TPSA) is 131 Å². The van der Waals surface area contributed by atoms with Gasteiger partial charge in [-0.15, -0.1) is 6.42 Å². The smallest absolute Gasteiger partial charge is 0.408 e. The van der Waals surface area contributed by atoms with Crippen LogP contribution in [-0.2, 0) is 19.1 Å². The van der Waals surface area contributed by atoms with Gasteiger partial charge in [-0.05, 0) is 51.8 Å². The van der Waals surface area contributed by atoms with Crippen LogP contribution in [-0.4, -0.2) is 46.4 Å². The van der Waals surface area contributed by atoms with Crippen molar-refractivity contribution >= 4 is 23.8 Å². The van der Waals surface area contributed by atoms with E-state index in [2.05, 4.69) is 22.6 Å². The van der Waals surface area contributed by atoms with Crippen LogP contribution in [0.3, 0.4) is 0 Å². The molecular formula is C26H34N4O5. The van der Waals surface area contributed by atoms with Crippen LogP contribution in [0.4, 0.5) is 4.79 Å². The number of nitrogens with zero attached hydrogens (tertiary/aromatic N) is 1. The molecule has 0 fully saturated rings. The molecule has 0 aliphatic carbocycles. The molecule has 4 amide bonds. The highest BCUT2D eigenvalue weighted by Crippen LogP contribution is 2.23. The van der Waals surface area contributed by atoms with Crippen LogP contribution < -0.4 is 16.4 Å². The minimum Gasteiger partial charge on any atom is -0.444 e. The van der Waals surface area contributed by atoms with E-state index in [4.69, 9.17) is 23.3 Å². The third-order valence-electron chi connectivity index (χ3n) is 4.78. The van der Waals surface area contributed by atoms with E-state index in [-0.39, 0.29) is 6.04 Å². The molecular weight excluding hydrogens is 448 g/mol. The van der Waals surface area contributed by atoms with Crippen LogP contribution >= 0.6 is 0 Å². The van der Waals surface area contributed by atoms with Gasteiger partial charge in [0.25, 0.3) is 5.91 Å². The summed E-state index contributed by atoms with van der Waals surface area (Å²) in [5.74, 6) is 0.228. The van der Waals surface area contributed by atoms with Crippen molar-refractivity contribution in [3.05, 3.63) is 35.4 Å². The molecule has 0 radical (unpaired) electrons. The van der Waals surface area contributed by atoms with Gasteiger partial charge in [-0.2, -0.15) is 0 Å². The maximum Gasteiger partial charge on any atom is 0.408 e. The fraction of sp³-hybridized carbons (Fsp3) is 0.462. The molecule has 0 heterocycles. The highest BCUT2D eigenvalue weighted by atomic mass is 16.6. The summed E-state index contributed by atoms with van der Waals surface area (Å²) in [7, 11) is 0. The number of primary amides is 1. The van der Waals surface area contributed by atoms with E-state index in [1.165, 1.54) is 0 Å². The number of hydrogen-bond acceptors (Lipinski definition) is 5. The molecule has 1 rings (SSSR count). The maximum atomic E-state index is 13.5. The lowest BCUT2D eigenvalue weighted by molar-refractivity contribution is -0.139. The molecule has 0 spiro atoms. The monoisotopic (exact) mass is 482 g/mol. The second kappa shape index (κ2) is 13.0. The zero-order chi connectivity index (χ0) is 26.8. The summed E-state index contributed by atoms with van der Waals surface area (Å²) in [5.41, 5.74) is 5.42. The van der Waals surface area contributed by atoms with E-state index in [0.717, 1.165) is 11.3 Å². The van der Waals surface area contributed by atoms with Gasteiger partial charge < -0.3 is 21.1 Å². The number of carbonyl (C=O) groups excluding carboxylic acids is 4. The number of terminal acetylenes is 2. The second-order valence-electron chi connectivity index (χ2n) is 9.07. The molecule has 188 valence electrons. The second-order valence-corrected chi connectivity index (χ2v) is 9.07. The van der Waals surface area contributed by atoms with E-state index in [9.17, 15) is 19.2 Å². The molecule has 0 aliphatic heterocycles. The average molecular weight is 483 g/mol. The van der Waals surface area contributed by atoms with Crippen molar-refractivity contribution in [1.82, 2.24) is 15.5 Å². The molecule has 0 bridgehead atoms. The molecule has 0 saturated carbocycles. The van der Waals surface area contributed by atoms with Crippen LogP contribution in [0.15, 0.2) is 24.3 Å². The molecule has 0 aromatic heterocycles. The van der Waals surface area contributed by atoms with Gasteiger partial charge in [-0.25, -0.2) is 4.79 Å². The molecule has 9 nitrogen and oxygen atoms in total. The SMILES string of the molecule is C#Cc1ccc(C(C(=O)NC(C)CCC)N(C#C)C(=O)C(CC(N)=O)NC(=O)OC(C)(C)C)cc1. The zero-order valence-corrected chi connectivity index (χ0v) is 20.9. The highest BCUT2D eigenvalue weighted by molar-refractivity contribution is 5.95. The fourth-order valence-electron chi connectivity index (χ4n) is 3.29. The van der Waals surface area contributed by atoms with Crippen LogP contribution in [0.25, 0.3) is 0 Å². The largest absolute Gasteiger partial charge is 0.444 e. The van der Waals surface area contributed by atoms with Crippen molar-refractivity contribution in [2.24, 2.45) is 5.73 Å². The van der Waals surface area contributed by atoms with Gasteiger partial charge in [0.15, 0.2) is 0 Å². The Morgan fingerprint density at radius 2 is 1.71 bits per heavy atom. The Balaban J connectivity index is 3.41. The predicted octanol–water partition coefficient (Wildman–Crippen LogP) is 2.20. The van der Waals surface area contributed by atoms with Gasteiger partial charge in [-0.1, -0.05) is 37.8 Å². The molecule has 0 saturated heterocycles. The first-order chi connectivity index (χ1) is 16.3. The number of hydrogen-bond donors (Lipinski definition) is 3. The molecule has 35 heavy (non-hydrogen) atoms. The number of alkyl carbamates (subject to hydrolysis) is 1. The summed E-state index contributed by atoms with van der Waals surface area (Å²) < 4.78 is 5.19. The van der Waals surface area contributed by atoms with E-state index >= 15 is 0 Å². The number of benzene rings is 1. The van der Waals surface area contributed by atoms with E-state index < -0.39 is 47.9 Å². The Morgan fingerprint density at radius 3 is 2.17 bits per heavy atom. The molecule has 1 aromatic carbocycles. The lowest BCUT2D eigenvalue weighted by Crippen LogP contribution is -2.53. The van der Waals surface area contributed by atoms with Gasteiger partial charge in [0, 0.05) is 17.6 Å². The number of rotatable bonds is 10. The molecule has 3 unspecified atom stereocenters. The third-order valence-corrected chi connectivity index (χ3v) is 4.78. The number of nitrogens with two attached hydrogens (primary N) is 1. The summed E-state index contributed by atoms with van der Waals surface area (Å²) >= 11 is 0. The first kappa shape index (κ1) is 29.1. The summed E-state index contributed by atoms with van der Waals surface area (Å²) in [5, 5.41) is 5.19. The summed E-state index contributed by atoms with van der Waals surface area (Å²) in [6.07, 6.45) is 11.2. The molecule has 9 heteroatoms. The summed E-state index contributed by atoms with van der Waals surface area (Å²) in [6.45, 7) is 8.74. The van der Waals surface area contributed by atoms with Crippen LogP contribution in [0.5, 0.6) is 0 Å². The van der Waals surface area contributed by atoms with Crippen molar-refractivity contribution in [2.45, 2.75) is 77.6 Å². The Hall–Kier alpha value is -3.98. The Morgan fingerprint density at radius 1 is 1.11 bits per heavy atom. The van der Waals surface area contributed by atoms with Gasteiger partial charge in [0.2, 0.25) is 11.8 Å². The van der Waals surface area contributed by atoms with Crippen molar-refractivity contribution in [3.8, 4) is 24.8 Å². The molecule has 4 N–H and O–H groups in total. The summed E-state index contributed by atoms with van der Waals surface area (Å²) in [4.78, 5) is 51.6. The first-order valence-corrected chi connectivity index (χ1v) is 11.3. The standard InChI is InChI=1S/C26H34N4O5/c1-8-11-17(4)28-23(32)22(19-14-12-18(9-2)13-15-19)30(10-3)24(33)20(16-21(27)31)29-25(34)35-26(5,6)7/h2-3,12-15,17,20,22H,8,11,16H2,1,4-7H3,(H2,27,31)(H,28,32)(H,29,34). The Kier molecular flexibility index (Phi) is 10.8. The minimum atomic E-state index is -1.45. The van der Waals surface area contributed by atoms with Crippen LogP contribution in [0.1, 0.15) is 71.0 Å². The van der Waals surface area contributed by atoms with Gasteiger partial charge in [-0.3, -0.25) is 19.3 Å². The number of amides is 4. The van der Waals surface area contributed by atoms with Crippen molar-refractivity contribution in [3.63, 3.8) is 0 Å². The fourth-order valence-corrected chi connectivity index (χ4v) is 3.29. The normalized spacial score (nSPS) is 13.2. The minimum absolute atomic E-state index is 0.184. The Bertz CT molecular complexity index is 999. The van der Waals surface area contributed by atoms with E-state index in [1.807, 2.05) is 13.8 Å². The first-order valence-electron chi connectivity index (χ1n) is 11.3. The lowest BCUT2D eigenvalue weighted by atomic mass is 10.0. The highest BCUT2D eigenvalue weighted by Gasteiger charge is 2.36. The maximum absolute atomic E-state index is 13.5. The lowest BCUT2D eigenvalue weighted by Gasteiger charge is -2.31. The third kappa shape index (κ3) is 9.42. The van der Waals surface area contributed by atoms with Crippen LogP contribution in [0, 0.1) is 24.8 Å². The molecule has 1 aromatic rings. The van der Waals surface area contributed by atoms with E-state index in [1.54, 1.807) is 45.0 Å². The number of carbonyl (C=O) groups is 4. The molecule has 0 aliphatic rings. The van der Waals surface area contributed by atoms with Crippen LogP contribution in [0.2, 0.25) is 0 Å². The van der Waals surface area contributed by atoms with Gasteiger partial charge in [0.05, 0.1) is 6.42 Å². The number of ether oxygens (including phenoxy) is 1. The van der Waals surface area contributed by atoms with Gasteiger partial charge in [0.1, 0.15) is 17.7 Å². The number of nitrogens with one attached hydrogen (secondary N) is 2. The quantitative estimate of drug-likeness (QED) is 0.348.